The van der Waals surface area contributed by atoms with Gasteiger partial charge in [-0.1, -0.05) is 37.8 Å². The van der Waals surface area contributed by atoms with Crippen molar-refractivity contribution in [2.24, 2.45) is 16.6 Å². The summed E-state index contributed by atoms with van der Waals surface area (Å²) in [6, 6.07) is 6.01. The second-order valence-corrected chi connectivity index (χ2v) is 7.46. The second kappa shape index (κ2) is 5.81. The molecule has 0 bridgehead atoms. The molecule has 2 N–H and O–H groups in total. The van der Waals surface area contributed by atoms with Gasteiger partial charge in [0.05, 0.1) is 17.1 Å². The number of hydrogen-bond donors (Lipinski definition) is 1. The van der Waals surface area contributed by atoms with Crippen molar-refractivity contribution in [2.45, 2.75) is 44.6 Å². The molecule has 1 spiro atoms. The summed E-state index contributed by atoms with van der Waals surface area (Å²) in [7, 11) is 0. The lowest BCUT2D eigenvalue weighted by atomic mass is 9.74. The molecule has 1 fully saturated rings. The summed E-state index contributed by atoms with van der Waals surface area (Å²) in [5.74, 6) is 1.42. The maximum Gasteiger partial charge on any atom is 0.196 e. The molecule has 2 aliphatic rings. The van der Waals surface area contributed by atoms with E-state index in [2.05, 4.69) is 32.7 Å². The molecule has 1 aromatic rings. The number of anilines is 1. The van der Waals surface area contributed by atoms with Crippen LogP contribution in [0.15, 0.2) is 27.7 Å². The first-order chi connectivity index (χ1) is 10.1. The largest absolute Gasteiger partial charge is 0.369 e. The van der Waals surface area contributed by atoms with E-state index in [0.29, 0.717) is 5.96 Å². The average molecular weight is 371 g/mol. The molecule has 3 rings (SSSR count). The number of rotatable bonds is 2. The van der Waals surface area contributed by atoms with Gasteiger partial charge in [0.2, 0.25) is 0 Å². The highest BCUT2D eigenvalue weighted by Crippen LogP contribution is 2.43. The first-order valence-electron chi connectivity index (χ1n) is 7.61. The zero-order chi connectivity index (χ0) is 15.0. The van der Waals surface area contributed by atoms with Crippen molar-refractivity contribution in [3.05, 3.63) is 27.7 Å². The van der Waals surface area contributed by atoms with E-state index in [1.165, 1.54) is 25.7 Å². The summed E-state index contributed by atoms with van der Waals surface area (Å²) >= 11 is 9.63. The zero-order valence-electron chi connectivity index (χ0n) is 12.3. The minimum atomic E-state index is 0.0658. The third kappa shape index (κ3) is 2.68. The summed E-state index contributed by atoms with van der Waals surface area (Å²) in [6.45, 7) is 3.10. The fraction of sp³-hybridized carbons (Fsp3) is 0.562. The normalized spacial score (nSPS) is 29.0. The number of nitrogens with two attached hydrogens (primary N) is 1. The number of hydrogen-bond acceptors (Lipinski definition) is 3. The van der Waals surface area contributed by atoms with Crippen LogP contribution in [0.4, 0.5) is 5.69 Å². The molecule has 0 aromatic heterocycles. The molecule has 3 nitrogen and oxygen atoms in total. The quantitative estimate of drug-likeness (QED) is 0.828. The van der Waals surface area contributed by atoms with Gasteiger partial charge in [-0.05, 0) is 52.9 Å². The molecule has 1 aliphatic carbocycles. The molecule has 114 valence electrons. The van der Waals surface area contributed by atoms with Gasteiger partial charge < -0.3 is 10.6 Å². The van der Waals surface area contributed by atoms with E-state index >= 15 is 0 Å². The summed E-state index contributed by atoms with van der Waals surface area (Å²) in [4.78, 5) is 6.81. The molecule has 1 saturated carbocycles. The lowest BCUT2D eigenvalue weighted by molar-refractivity contribution is 0.235. The van der Waals surface area contributed by atoms with E-state index in [9.17, 15) is 0 Å². The van der Waals surface area contributed by atoms with Crippen molar-refractivity contribution in [2.75, 3.05) is 11.4 Å². The van der Waals surface area contributed by atoms with Gasteiger partial charge >= 0.3 is 0 Å². The topological polar surface area (TPSA) is 41.6 Å². The van der Waals surface area contributed by atoms with Crippen LogP contribution in [0.2, 0.25) is 5.02 Å². The minimum absolute atomic E-state index is 0.0658. The van der Waals surface area contributed by atoms with Crippen LogP contribution in [0, 0.1) is 5.92 Å². The Morgan fingerprint density at radius 1 is 1.52 bits per heavy atom. The summed E-state index contributed by atoms with van der Waals surface area (Å²) in [5.41, 5.74) is 7.37. The molecule has 0 radical (unpaired) electrons. The van der Waals surface area contributed by atoms with E-state index in [0.717, 1.165) is 34.1 Å². The Kier molecular flexibility index (Phi) is 4.19. The Hall–Kier alpha value is -0.740. The molecular formula is C16H21BrClN3. The Labute approximate surface area is 139 Å². The molecule has 2 atom stereocenters. The lowest BCUT2D eigenvalue weighted by Gasteiger charge is -2.44. The standard InChI is InChI=1S/C16H21BrClN3/c1-2-11-4-3-7-16(9-11)10-20-15(19)21(16)12-5-6-14(18)13(17)8-12/h5-6,8,11H,2-4,7,9-10H2,1H3,(H2,19,20). The van der Waals surface area contributed by atoms with Crippen molar-refractivity contribution < 1.29 is 0 Å². The Morgan fingerprint density at radius 3 is 3.05 bits per heavy atom. The fourth-order valence-electron chi connectivity index (χ4n) is 3.80. The van der Waals surface area contributed by atoms with Gasteiger partial charge in [-0.3, -0.25) is 4.99 Å². The maximum atomic E-state index is 6.22. The molecular weight excluding hydrogens is 350 g/mol. The van der Waals surface area contributed by atoms with Crippen molar-refractivity contribution in [3.63, 3.8) is 0 Å². The molecule has 1 aromatic carbocycles. The third-order valence-electron chi connectivity index (χ3n) is 4.90. The third-order valence-corrected chi connectivity index (χ3v) is 6.11. The summed E-state index contributed by atoms with van der Waals surface area (Å²) in [5, 5.41) is 0.720. The van der Waals surface area contributed by atoms with Gasteiger partial charge in [-0.25, -0.2) is 0 Å². The van der Waals surface area contributed by atoms with Crippen LogP contribution >= 0.6 is 27.5 Å². The predicted molar refractivity (Wildman–Crippen MR) is 93.1 cm³/mol. The van der Waals surface area contributed by atoms with Crippen LogP contribution in [0.3, 0.4) is 0 Å². The molecule has 1 heterocycles. The SMILES string of the molecule is CCC1CCCC2(CN=C(N)N2c2ccc(Cl)c(Br)c2)C1. The molecule has 2 unspecified atom stereocenters. The molecule has 0 amide bonds. The van der Waals surface area contributed by atoms with E-state index in [1.54, 1.807) is 0 Å². The van der Waals surface area contributed by atoms with Crippen LogP contribution in [-0.2, 0) is 0 Å². The van der Waals surface area contributed by atoms with E-state index in [4.69, 9.17) is 17.3 Å². The summed E-state index contributed by atoms with van der Waals surface area (Å²) < 4.78 is 0.902. The van der Waals surface area contributed by atoms with Gasteiger partial charge in [0.25, 0.3) is 0 Å². The van der Waals surface area contributed by atoms with Crippen LogP contribution in [0.1, 0.15) is 39.0 Å². The van der Waals surface area contributed by atoms with Crippen LogP contribution in [0.5, 0.6) is 0 Å². The van der Waals surface area contributed by atoms with Crippen LogP contribution in [0.25, 0.3) is 0 Å². The van der Waals surface area contributed by atoms with Gasteiger partial charge in [0.15, 0.2) is 5.96 Å². The van der Waals surface area contributed by atoms with E-state index < -0.39 is 0 Å². The van der Waals surface area contributed by atoms with Gasteiger partial charge in [0, 0.05) is 10.2 Å². The highest BCUT2D eigenvalue weighted by atomic mass is 79.9. The summed E-state index contributed by atoms with van der Waals surface area (Å²) in [6.07, 6.45) is 6.16. The number of aliphatic imine (C=N–C) groups is 1. The zero-order valence-corrected chi connectivity index (χ0v) is 14.6. The Balaban J connectivity index is 1.97. The predicted octanol–water partition coefficient (Wildman–Crippen LogP) is 4.58. The average Bonchev–Trinajstić information content (AvgIpc) is 2.78. The van der Waals surface area contributed by atoms with E-state index in [-0.39, 0.29) is 5.54 Å². The second-order valence-electron chi connectivity index (χ2n) is 6.20. The van der Waals surface area contributed by atoms with Crippen molar-refractivity contribution in [3.8, 4) is 0 Å². The monoisotopic (exact) mass is 369 g/mol. The lowest BCUT2D eigenvalue weighted by Crippen LogP contribution is -2.54. The molecule has 1 aliphatic heterocycles. The fourth-order valence-corrected chi connectivity index (χ4v) is 4.28. The van der Waals surface area contributed by atoms with E-state index in [1.807, 2.05) is 18.2 Å². The molecule has 0 saturated heterocycles. The van der Waals surface area contributed by atoms with Gasteiger partial charge in [-0.2, -0.15) is 0 Å². The first kappa shape index (κ1) is 15.2. The number of halogens is 2. The highest BCUT2D eigenvalue weighted by Gasteiger charge is 2.45. The van der Waals surface area contributed by atoms with Crippen molar-refractivity contribution >= 4 is 39.2 Å². The van der Waals surface area contributed by atoms with Gasteiger partial charge in [-0.15, -0.1) is 0 Å². The van der Waals surface area contributed by atoms with Crippen LogP contribution in [-0.4, -0.2) is 18.0 Å². The maximum absolute atomic E-state index is 6.22. The Morgan fingerprint density at radius 2 is 2.33 bits per heavy atom. The Bertz CT molecular complexity index is 575. The van der Waals surface area contributed by atoms with Gasteiger partial charge in [0.1, 0.15) is 0 Å². The van der Waals surface area contributed by atoms with Crippen molar-refractivity contribution in [1.82, 2.24) is 0 Å². The number of nitrogens with zero attached hydrogens (tertiary/aromatic N) is 2. The molecule has 21 heavy (non-hydrogen) atoms. The first-order valence-corrected chi connectivity index (χ1v) is 8.78. The van der Waals surface area contributed by atoms with Crippen LogP contribution < -0.4 is 10.6 Å². The smallest absolute Gasteiger partial charge is 0.196 e. The molecule has 5 heteroatoms. The highest BCUT2D eigenvalue weighted by molar-refractivity contribution is 9.10. The minimum Gasteiger partial charge on any atom is -0.369 e. The number of guanidine groups is 1. The van der Waals surface area contributed by atoms with Crippen molar-refractivity contribution in [1.29, 1.82) is 0 Å². The number of benzene rings is 1.